The molecule has 18 heavy (non-hydrogen) atoms. The quantitative estimate of drug-likeness (QED) is 0.879. The minimum atomic E-state index is -0.954. The first kappa shape index (κ1) is 12.4. The largest absolute Gasteiger partial charge is 0.489 e. The molecule has 1 fully saturated rings. The first-order chi connectivity index (χ1) is 8.56. The Morgan fingerprint density at radius 3 is 2.50 bits per heavy atom. The number of carbonyl (C=O) groups is 2. The van der Waals surface area contributed by atoms with Gasteiger partial charge in [0.2, 0.25) is 5.91 Å². The highest BCUT2D eigenvalue weighted by molar-refractivity contribution is 5.87. The van der Waals surface area contributed by atoms with Gasteiger partial charge in [-0.1, -0.05) is 0 Å². The van der Waals surface area contributed by atoms with Gasteiger partial charge >= 0.3 is 5.97 Å². The third-order valence-electron chi connectivity index (χ3n) is 2.99. The minimum absolute atomic E-state index is 0.00965. The SMILES string of the molecule is CC(=O)N1CCC(Oc2ccc(C(=O)O)cc2)C1. The lowest BCUT2D eigenvalue weighted by Crippen LogP contribution is -2.28. The van der Waals surface area contributed by atoms with E-state index in [1.165, 1.54) is 12.1 Å². The number of carboxylic acid groups (broad SMARTS) is 1. The molecule has 0 radical (unpaired) electrons. The van der Waals surface area contributed by atoms with Crippen molar-refractivity contribution in [2.75, 3.05) is 13.1 Å². The van der Waals surface area contributed by atoms with Crippen molar-refractivity contribution in [1.82, 2.24) is 4.90 Å². The molecule has 0 bridgehead atoms. The van der Waals surface area contributed by atoms with Crippen LogP contribution < -0.4 is 4.74 Å². The molecule has 5 nitrogen and oxygen atoms in total. The van der Waals surface area contributed by atoms with Crippen molar-refractivity contribution in [3.8, 4) is 5.75 Å². The van der Waals surface area contributed by atoms with Gasteiger partial charge in [-0.3, -0.25) is 4.79 Å². The van der Waals surface area contributed by atoms with E-state index >= 15 is 0 Å². The number of carboxylic acids is 1. The third kappa shape index (κ3) is 2.80. The first-order valence-corrected chi connectivity index (χ1v) is 5.82. The van der Waals surface area contributed by atoms with Crippen molar-refractivity contribution in [1.29, 1.82) is 0 Å². The maximum atomic E-state index is 11.2. The molecule has 1 aromatic rings. The van der Waals surface area contributed by atoms with Gasteiger partial charge in [-0.2, -0.15) is 0 Å². The average molecular weight is 249 g/mol. The summed E-state index contributed by atoms with van der Waals surface area (Å²) >= 11 is 0. The van der Waals surface area contributed by atoms with Crippen LogP contribution in [0.3, 0.4) is 0 Å². The van der Waals surface area contributed by atoms with E-state index in [1.807, 2.05) is 0 Å². The molecule has 1 aliphatic heterocycles. The van der Waals surface area contributed by atoms with E-state index in [2.05, 4.69) is 0 Å². The Kier molecular flexibility index (Phi) is 3.50. The van der Waals surface area contributed by atoms with Crippen molar-refractivity contribution in [2.24, 2.45) is 0 Å². The predicted molar refractivity (Wildman–Crippen MR) is 64.7 cm³/mol. The van der Waals surface area contributed by atoms with Gasteiger partial charge in [0.25, 0.3) is 0 Å². The lowest BCUT2D eigenvalue weighted by atomic mass is 10.2. The summed E-state index contributed by atoms with van der Waals surface area (Å²) in [5, 5.41) is 8.77. The van der Waals surface area contributed by atoms with Crippen molar-refractivity contribution < 1.29 is 19.4 Å². The van der Waals surface area contributed by atoms with E-state index in [1.54, 1.807) is 24.0 Å². The number of likely N-dealkylation sites (tertiary alicyclic amines) is 1. The summed E-state index contributed by atoms with van der Waals surface area (Å²) in [5.74, 6) is -0.261. The summed E-state index contributed by atoms with van der Waals surface area (Å²) in [4.78, 5) is 23.6. The van der Waals surface area contributed by atoms with Gasteiger partial charge in [-0.15, -0.1) is 0 Å². The fraction of sp³-hybridized carbons (Fsp3) is 0.385. The van der Waals surface area contributed by atoms with Crippen molar-refractivity contribution in [2.45, 2.75) is 19.4 Å². The zero-order valence-corrected chi connectivity index (χ0v) is 10.1. The van der Waals surface area contributed by atoms with Gasteiger partial charge in [-0.25, -0.2) is 4.79 Å². The molecule has 1 N–H and O–H groups in total. The zero-order chi connectivity index (χ0) is 13.1. The van der Waals surface area contributed by atoms with Crippen LogP contribution in [0.25, 0.3) is 0 Å². The summed E-state index contributed by atoms with van der Waals surface area (Å²) in [6.45, 7) is 2.85. The average Bonchev–Trinajstić information content (AvgIpc) is 2.78. The Bertz CT molecular complexity index is 455. The molecule has 0 saturated carbocycles. The van der Waals surface area contributed by atoms with Crippen LogP contribution >= 0.6 is 0 Å². The van der Waals surface area contributed by atoms with Crippen LogP contribution in [0, 0.1) is 0 Å². The highest BCUT2D eigenvalue weighted by Crippen LogP contribution is 2.19. The first-order valence-electron chi connectivity index (χ1n) is 5.82. The lowest BCUT2D eigenvalue weighted by Gasteiger charge is -2.15. The number of nitrogens with zero attached hydrogens (tertiary/aromatic N) is 1. The number of rotatable bonds is 3. The van der Waals surface area contributed by atoms with Crippen LogP contribution in [-0.4, -0.2) is 41.1 Å². The van der Waals surface area contributed by atoms with E-state index in [-0.39, 0.29) is 17.6 Å². The Balaban J connectivity index is 1.94. The molecule has 96 valence electrons. The smallest absolute Gasteiger partial charge is 0.335 e. The summed E-state index contributed by atoms with van der Waals surface area (Å²) in [6, 6.07) is 6.30. The summed E-state index contributed by atoms with van der Waals surface area (Å²) in [6.07, 6.45) is 0.796. The second kappa shape index (κ2) is 5.08. The second-order valence-corrected chi connectivity index (χ2v) is 4.32. The molecule has 1 amide bonds. The van der Waals surface area contributed by atoms with Crippen molar-refractivity contribution >= 4 is 11.9 Å². The molecule has 1 unspecified atom stereocenters. The highest BCUT2D eigenvalue weighted by Gasteiger charge is 2.25. The second-order valence-electron chi connectivity index (χ2n) is 4.32. The van der Waals surface area contributed by atoms with Gasteiger partial charge in [0.1, 0.15) is 11.9 Å². The van der Waals surface area contributed by atoms with Crippen LogP contribution in [0.2, 0.25) is 0 Å². The predicted octanol–water partition coefficient (Wildman–Crippen LogP) is 1.38. The van der Waals surface area contributed by atoms with Crippen LogP contribution in [0.5, 0.6) is 5.75 Å². The Morgan fingerprint density at radius 1 is 1.33 bits per heavy atom. The Morgan fingerprint density at radius 2 is 2.00 bits per heavy atom. The topological polar surface area (TPSA) is 66.8 Å². The molecule has 5 heteroatoms. The molecular formula is C13H15NO4. The highest BCUT2D eigenvalue weighted by atomic mass is 16.5. The molecule has 1 heterocycles. The molecule has 1 aromatic carbocycles. The van der Waals surface area contributed by atoms with E-state index in [4.69, 9.17) is 9.84 Å². The van der Waals surface area contributed by atoms with Crippen LogP contribution in [0.4, 0.5) is 0 Å². The normalized spacial score (nSPS) is 18.7. The van der Waals surface area contributed by atoms with Gasteiger partial charge in [0.15, 0.2) is 0 Å². The molecular weight excluding hydrogens is 234 g/mol. The third-order valence-corrected chi connectivity index (χ3v) is 2.99. The van der Waals surface area contributed by atoms with E-state index in [0.717, 1.165) is 6.42 Å². The lowest BCUT2D eigenvalue weighted by molar-refractivity contribution is -0.128. The fourth-order valence-electron chi connectivity index (χ4n) is 1.98. The fourth-order valence-corrected chi connectivity index (χ4v) is 1.98. The molecule has 1 atom stereocenters. The Hall–Kier alpha value is -2.04. The number of amides is 1. The number of hydrogen-bond acceptors (Lipinski definition) is 3. The van der Waals surface area contributed by atoms with E-state index in [0.29, 0.717) is 18.8 Å². The molecule has 0 spiro atoms. The van der Waals surface area contributed by atoms with Gasteiger partial charge in [0.05, 0.1) is 12.1 Å². The van der Waals surface area contributed by atoms with E-state index in [9.17, 15) is 9.59 Å². The van der Waals surface area contributed by atoms with Gasteiger partial charge < -0.3 is 14.7 Å². The van der Waals surface area contributed by atoms with Crippen molar-refractivity contribution in [3.63, 3.8) is 0 Å². The number of hydrogen-bond donors (Lipinski definition) is 1. The monoisotopic (exact) mass is 249 g/mol. The molecule has 0 aromatic heterocycles. The van der Waals surface area contributed by atoms with Crippen LogP contribution in [-0.2, 0) is 4.79 Å². The van der Waals surface area contributed by atoms with E-state index < -0.39 is 5.97 Å². The summed E-state index contributed by atoms with van der Waals surface area (Å²) < 4.78 is 5.70. The maximum absolute atomic E-state index is 11.2. The van der Waals surface area contributed by atoms with Crippen LogP contribution in [0.1, 0.15) is 23.7 Å². The number of ether oxygens (including phenoxy) is 1. The summed E-state index contributed by atoms with van der Waals surface area (Å²) in [5.41, 5.74) is 0.235. The zero-order valence-electron chi connectivity index (χ0n) is 10.1. The molecule has 1 aliphatic rings. The number of carbonyl (C=O) groups excluding carboxylic acids is 1. The van der Waals surface area contributed by atoms with Gasteiger partial charge in [0, 0.05) is 19.9 Å². The van der Waals surface area contributed by atoms with Gasteiger partial charge in [-0.05, 0) is 24.3 Å². The summed E-state index contributed by atoms with van der Waals surface area (Å²) in [7, 11) is 0. The standard InChI is InChI=1S/C13H15NO4/c1-9(15)14-7-6-12(8-14)18-11-4-2-10(3-5-11)13(16)17/h2-5,12H,6-8H2,1H3,(H,16,17). The molecule has 1 saturated heterocycles. The van der Waals surface area contributed by atoms with Crippen molar-refractivity contribution in [3.05, 3.63) is 29.8 Å². The maximum Gasteiger partial charge on any atom is 0.335 e. The number of benzene rings is 1. The van der Waals surface area contributed by atoms with Crippen LogP contribution in [0.15, 0.2) is 24.3 Å². The Labute approximate surface area is 105 Å². The molecule has 2 rings (SSSR count). The number of aromatic carboxylic acids is 1. The molecule has 0 aliphatic carbocycles. The minimum Gasteiger partial charge on any atom is -0.489 e.